The first-order chi connectivity index (χ1) is 12.0. The summed E-state index contributed by atoms with van der Waals surface area (Å²) in [4.78, 5) is 12.4. The Balaban J connectivity index is 1.99. The average Bonchev–Trinajstić information content (AvgIpc) is 2.82. The van der Waals surface area contributed by atoms with E-state index in [1.165, 1.54) is 6.33 Å². The van der Waals surface area contributed by atoms with Crippen LogP contribution in [0, 0.1) is 13.8 Å². The summed E-state index contributed by atoms with van der Waals surface area (Å²) in [5, 5.41) is 7.74. The number of alkyl halides is 1. The van der Waals surface area contributed by atoms with Crippen molar-refractivity contribution in [3.63, 3.8) is 0 Å². The third-order valence-corrected chi connectivity index (χ3v) is 4.42. The molecule has 3 aromatic rings. The zero-order valence-corrected chi connectivity index (χ0v) is 15.2. The van der Waals surface area contributed by atoms with Crippen molar-refractivity contribution in [2.75, 3.05) is 5.32 Å². The lowest BCUT2D eigenvalue weighted by Gasteiger charge is -2.08. The van der Waals surface area contributed by atoms with Crippen molar-refractivity contribution in [1.29, 1.82) is 0 Å². The number of nitrogens with zero attached hydrogens (tertiary/aromatic N) is 5. The maximum atomic E-state index is 13.3. The number of aryl methyl sites for hydroxylation is 2. The monoisotopic (exact) mass is 362 g/mol. The smallest absolute Gasteiger partial charge is 0.243 e. The Labute approximate surface area is 150 Å². The molecule has 0 aliphatic rings. The summed E-state index contributed by atoms with van der Waals surface area (Å²) in [6.07, 6.45) is 3.48. The van der Waals surface area contributed by atoms with Crippen molar-refractivity contribution in [1.82, 2.24) is 24.6 Å². The van der Waals surface area contributed by atoms with Crippen LogP contribution < -0.4 is 5.32 Å². The van der Waals surface area contributed by atoms with Gasteiger partial charge in [-0.3, -0.25) is 0 Å². The predicted molar refractivity (Wildman–Crippen MR) is 95.7 cm³/mol. The van der Waals surface area contributed by atoms with Gasteiger partial charge in [0.15, 0.2) is 5.82 Å². The molecule has 0 aliphatic heterocycles. The minimum Gasteiger partial charge on any atom is -0.363 e. The third kappa shape index (κ3) is 3.71. The highest BCUT2D eigenvalue weighted by Crippen LogP contribution is 2.29. The second kappa shape index (κ2) is 7.31. The number of anilines is 1. The number of halogens is 2. The Bertz CT molecular complexity index is 878. The van der Waals surface area contributed by atoms with Gasteiger partial charge in [0.1, 0.15) is 11.8 Å². The minimum absolute atomic E-state index is 0.154. The molecule has 6 nitrogen and oxygen atoms in total. The zero-order chi connectivity index (χ0) is 18.0. The molecule has 0 saturated carbocycles. The summed E-state index contributed by atoms with van der Waals surface area (Å²) in [5.74, 6) is 0.638. The van der Waals surface area contributed by atoms with Crippen LogP contribution in [0.25, 0.3) is 5.52 Å². The molecule has 3 rings (SSSR count). The molecule has 25 heavy (non-hydrogen) atoms. The first-order valence-electron chi connectivity index (χ1n) is 8.14. The molecule has 3 heterocycles. The summed E-state index contributed by atoms with van der Waals surface area (Å²) < 4.78 is 15.1. The second-order valence-corrected chi connectivity index (χ2v) is 6.39. The van der Waals surface area contributed by atoms with Crippen molar-refractivity contribution in [2.24, 2.45) is 0 Å². The topological polar surface area (TPSA) is 68.0 Å². The zero-order valence-electron chi connectivity index (χ0n) is 14.4. The molecular formula is C17H20ClFN6. The second-order valence-electron chi connectivity index (χ2n) is 6.05. The van der Waals surface area contributed by atoms with Crippen molar-refractivity contribution >= 4 is 22.9 Å². The molecule has 3 aromatic heterocycles. The highest BCUT2D eigenvalue weighted by Gasteiger charge is 2.18. The maximum absolute atomic E-state index is 13.3. The van der Waals surface area contributed by atoms with Gasteiger partial charge < -0.3 is 5.32 Å². The Morgan fingerprint density at radius 2 is 2.16 bits per heavy atom. The van der Waals surface area contributed by atoms with Crippen LogP contribution in [-0.4, -0.2) is 30.7 Å². The van der Waals surface area contributed by atoms with Gasteiger partial charge in [0.2, 0.25) is 5.28 Å². The third-order valence-electron chi connectivity index (χ3n) is 4.26. The Morgan fingerprint density at radius 1 is 1.36 bits per heavy atom. The Hall–Kier alpha value is -2.28. The predicted octanol–water partition coefficient (Wildman–Crippen LogP) is 3.69. The van der Waals surface area contributed by atoms with Crippen molar-refractivity contribution in [3.05, 3.63) is 46.4 Å². The van der Waals surface area contributed by atoms with E-state index in [-0.39, 0.29) is 5.28 Å². The lowest BCUT2D eigenvalue weighted by molar-refractivity contribution is 0.341. The van der Waals surface area contributed by atoms with Crippen LogP contribution in [0.5, 0.6) is 0 Å². The molecule has 1 N–H and O–H groups in total. The normalized spacial score (nSPS) is 12.5. The molecule has 0 fully saturated rings. The molecule has 0 saturated heterocycles. The summed E-state index contributed by atoms with van der Waals surface area (Å²) >= 11 is 6.10. The van der Waals surface area contributed by atoms with E-state index >= 15 is 0 Å². The fourth-order valence-corrected chi connectivity index (χ4v) is 3.11. The number of hydrogen-bond donors (Lipinski definition) is 1. The molecule has 0 radical (unpaired) electrons. The van der Waals surface area contributed by atoms with Crippen LogP contribution in [0.1, 0.15) is 35.9 Å². The molecule has 0 amide bonds. The molecule has 0 aliphatic carbocycles. The fraction of sp³-hybridized carbons (Fsp3) is 0.412. The largest absolute Gasteiger partial charge is 0.363 e. The minimum atomic E-state index is -0.841. The van der Waals surface area contributed by atoms with Gasteiger partial charge in [-0.25, -0.2) is 18.9 Å². The molecule has 132 valence electrons. The number of aromatic nitrogens is 5. The summed E-state index contributed by atoms with van der Waals surface area (Å²) in [5.41, 5.74) is 4.79. The molecule has 1 atom stereocenters. The molecule has 0 aromatic carbocycles. The van der Waals surface area contributed by atoms with E-state index in [4.69, 9.17) is 11.6 Å². The van der Waals surface area contributed by atoms with E-state index < -0.39 is 6.17 Å². The first-order valence-corrected chi connectivity index (χ1v) is 8.52. The van der Waals surface area contributed by atoms with Crippen molar-refractivity contribution in [2.45, 2.75) is 46.3 Å². The van der Waals surface area contributed by atoms with Gasteiger partial charge >= 0.3 is 0 Å². The van der Waals surface area contributed by atoms with Crippen LogP contribution in [-0.2, 0) is 13.0 Å². The molecule has 0 spiro atoms. The highest BCUT2D eigenvalue weighted by atomic mass is 35.5. The fourth-order valence-electron chi connectivity index (χ4n) is 2.95. The van der Waals surface area contributed by atoms with Crippen molar-refractivity contribution < 1.29 is 4.39 Å². The lowest BCUT2D eigenvalue weighted by atomic mass is 10.0. The molecule has 0 bridgehead atoms. The number of fused-ring (bicyclic) bond motifs is 1. The van der Waals surface area contributed by atoms with Crippen molar-refractivity contribution in [3.8, 4) is 0 Å². The standard InChI is InChI=1S/C17H20ClFN6/c1-10(19)4-5-14-11(2)15-16(21-8-13-6-7-20-9-22-13)23-17(18)24-25(15)12(14)3/h6-7,9-10H,4-5,8H2,1-3H3,(H,21,23,24). The van der Waals surface area contributed by atoms with E-state index in [1.807, 2.05) is 19.9 Å². The van der Waals surface area contributed by atoms with E-state index in [0.717, 1.165) is 28.0 Å². The number of rotatable bonds is 6. The Morgan fingerprint density at radius 3 is 2.84 bits per heavy atom. The van der Waals surface area contributed by atoms with Gasteiger partial charge in [-0.05, 0) is 62.4 Å². The summed E-state index contributed by atoms with van der Waals surface area (Å²) in [7, 11) is 0. The van der Waals surface area contributed by atoms with Crippen LogP contribution in [0.4, 0.5) is 10.2 Å². The quantitative estimate of drug-likeness (QED) is 0.724. The average molecular weight is 363 g/mol. The van der Waals surface area contributed by atoms with Crippen LogP contribution >= 0.6 is 11.6 Å². The SMILES string of the molecule is Cc1c(CCC(C)F)c(C)n2nc(Cl)nc(NCc3ccncn3)c12. The summed E-state index contributed by atoms with van der Waals surface area (Å²) in [6, 6.07) is 1.83. The van der Waals surface area contributed by atoms with E-state index in [9.17, 15) is 4.39 Å². The van der Waals surface area contributed by atoms with Crippen LogP contribution in [0.15, 0.2) is 18.6 Å². The van der Waals surface area contributed by atoms with E-state index in [2.05, 4.69) is 25.4 Å². The molecule has 1 unspecified atom stereocenters. The van der Waals surface area contributed by atoms with Gasteiger partial charge in [0.05, 0.1) is 18.4 Å². The number of hydrogen-bond acceptors (Lipinski definition) is 5. The van der Waals surface area contributed by atoms with Crippen LogP contribution in [0.2, 0.25) is 5.28 Å². The highest BCUT2D eigenvalue weighted by molar-refractivity contribution is 6.28. The van der Waals surface area contributed by atoms with Gasteiger partial charge in [-0.15, -0.1) is 5.10 Å². The van der Waals surface area contributed by atoms with Gasteiger partial charge in [0.25, 0.3) is 0 Å². The number of nitrogens with one attached hydrogen (secondary N) is 1. The Kier molecular flexibility index (Phi) is 5.13. The van der Waals surface area contributed by atoms with Gasteiger partial charge in [0, 0.05) is 11.9 Å². The van der Waals surface area contributed by atoms with E-state index in [0.29, 0.717) is 25.2 Å². The maximum Gasteiger partial charge on any atom is 0.243 e. The summed E-state index contributed by atoms with van der Waals surface area (Å²) in [6.45, 7) is 6.04. The lowest BCUT2D eigenvalue weighted by Crippen LogP contribution is -2.07. The van der Waals surface area contributed by atoms with Gasteiger partial charge in [-0.1, -0.05) is 0 Å². The molecule has 8 heteroatoms. The van der Waals surface area contributed by atoms with Crippen LogP contribution in [0.3, 0.4) is 0 Å². The molecular weight excluding hydrogens is 343 g/mol. The first kappa shape index (κ1) is 17.5. The van der Waals surface area contributed by atoms with Gasteiger partial charge in [-0.2, -0.15) is 4.98 Å². The van der Waals surface area contributed by atoms with E-state index in [1.54, 1.807) is 17.6 Å².